The summed E-state index contributed by atoms with van der Waals surface area (Å²) in [5, 5.41) is 0. The molecule has 0 aromatic heterocycles. The molecule has 79 valence electrons. The fraction of sp³-hybridized carbons (Fsp3) is 0.818. The van der Waals surface area contributed by atoms with Crippen molar-refractivity contribution in [2.75, 3.05) is 0 Å². The molecule has 0 spiro atoms. The summed E-state index contributed by atoms with van der Waals surface area (Å²) in [4.78, 5) is 0.434. The van der Waals surface area contributed by atoms with Gasteiger partial charge in [-0.05, 0) is 0 Å². The molecule has 2 heteroatoms. The molecule has 1 fully saturated rings. The minimum absolute atomic E-state index is 0.434. The summed E-state index contributed by atoms with van der Waals surface area (Å²) >= 11 is -1.12. The quantitative estimate of drug-likeness (QED) is 0.715. The number of allylic oxidation sites excluding steroid dienone is 1. The molecule has 0 heterocycles. The Balaban J connectivity index is 2.64. The number of hydrogen-bond donors (Lipinski definition) is 0. The monoisotopic (exact) mass is 227 g/mol. The molecule has 2 unspecified atom stereocenters. The van der Waals surface area contributed by atoms with E-state index in [9.17, 15) is 3.87 Å². The van der Waals surface area contributed by atoms with Crippen LogP contribution in [0.2, 0.25) is 4.85 Å². The zero-order valence-electron chi connectivity index (χ0n) is 8.64. The third kappa shape index (κ3) is 2.74. The Morgan fingerprint density at radius 1 is 1.46 bits per heavy atom. The van der Waals surface area contributed by atoms with Crippen molar-refractivity contribution >= 4 is 0 Å². The van der Waals surface area contributed by atoms with Crippen LogP contribution in [0.1, 0.15) is 46.0 Å². The van der Waals surface area contributed by atoms with Crippen LogP contribution in [0.25, 0.3) is 0 Å². The summed E-state index contributed by atoms with van der Waals surface area (Å²) in [5.41, 5.74) is 0. The van der Waals surface area contributed by atoms with Crippen LogP contribution in [0.4, 0.5) is 0 Å². The summed E-state index contributed by atoms with van der Waals surface area (Å²) < 4.78 is 12.8. The maximum absolute atomic E-state index is 11.9. The predicted octanol–water partition coefficient (Wildman–Crippen LogP) is 3.87. The van der Waals surface area contributed by atoms with E-state index >= 15 is 0 Å². The summed E-state index contributed by atoms with van der Waals surface area (Å²) in [7, 11) is 0. The second-order valence-electron chi connectivity index (χ2n) is 3.82. The van der Waals surface area contributed by atoms with E-state index in [0.29, 0.717) is 10.8 Å². The van der Waals surface area contributed by atoms with Crippen molar-refractivity contribution in [1.82, 2.24) is 0 Å². The molecule has 1 aliphatic carbocycles. The standard InChI is InChI=1S/C8H15.C3H5.Co.O/c1-2-8-6-4-3-5-7-8;1-3-2;;/h6,8H,2-5,7H2,1H3;1H2,2H3;;. The minimum atomic E-state index is -1.12. The number of rotatable bonds is 3. The summed E-state index contributed by atoms with van der Waals surface area (Å²) in [5.74, 6) is 0.688. The van der Waals surface area contributed by atoms with Crippen LogP contribution in [-0.2, 0) is 17.5 Å². The molecule has 0 aromatic carbocycles. The number of hydrogen-bond acceptors (Lipinski definition) is 1. The van der Waals surface area contributed by atoms with Crippen LogP contribution in [0.5, 0.6) is 0 Å². The summed E-state index contributed by atoms with van der Waals surface area (Å²) in [6.45, 7) is 7.93. The Hall–Kier alpha value is 0.0465. The molecule has 1 rings (SSSR count). The molecule has 2 atom stereocenters. The third-order valence-electron chi connectivity index (χ3n) is 2.81. The fourth-order valence-corrected chi connectivity index (χ4v) is 4.05. The molecule has 0 bridgehead atoms. The fourth-order valence-electron chi connectivity index (χ4n) is 2.04. The van der Waals surface area contributed by atoms with Crippen LogP contribution in [0, 0.1) is 5.92 Å². The zero-order chi connectivity index (χ0) is 9.84. The van der Waals surface area contributed by atoms with Gasteiger partial charge in [0, 0.05) is 0 Å². The molecule has 1 saturated carbocycles. The van der Waals surface area contributed by atoms with E-state index in [2.05, 4.69) is 13.5 Å². The van der Waals surface area contributed by atoms with Crippen molar-refractivity contribution in [3.05, 3.63) is 11.1 Å². The summed E-state index contributed by atoms with van der Waals surface area (Å²) in [6.07, 6.45) is 6.19. The van der Waals surface area contributed by atoms with Crippen molar-refractivity contribution in [2.45, 2.75) is 50.8 Å². The Morgan fingerprint density at radius 3 is 2.62 bits per heavy atom. The van der Waals surface area contributed by atoms with E-state index in [1.807, 2.05) is 6.92 Å². The molecule has 0 aliphatic heterocycles. The van der Waals surface area contributed by atoms with Crippen LogP contribution < -0.4 is 0 Å². The van der Waals surface area contributed by atoms with Gasteiger partial charge in [-0.1, -0.05) is 0 Å². The van der Waals surface area contributed by atoms with Gasteiger partial charge < -0.3 is 0 Å². The van der Waals surface area contributed by atoms with E-state index in [-0.39, 0.29) is 0 Å². The van der Waals surface area contributed by atoms with E-state index in [4.69, 9.17) is 0 Å². The van der Waals surface area contributed by atoms with Gasteiger partial charge in [-0.3, -0.25) is 0 Å². The van der Waals surface area contributed by atoms with E-state index in [1.165, 1.54) is 25.7 Å². The van der Waals surface area contributed by atoms with Crippen LogP contribution in [0.3, 0.4) is 0 Å². The molecule has 0 saturated heterocycles. The van der Waals surface area contributed by atoms with Gasteiger partial charge in [-0.25, -0.2) is 0 Å². The van der Waals surface area contributed by atoms with Crippen LogP contribution >= 0.6 is 0 Å². The Morgan fingerprint density at radius 2 is 2.08 bits per heavy atom. The first-order valence-electron chi connectivity index (χ1n) is 5.11. The maximum atomic E-state index is 11.9. The van der Waals surface area contributed by atoms with Crippen molar-refractivity contribution in [1.29, 1.82) is 0 Å². The van der Waals surface area contributed by atoms with Crippen molar-refractivity contribution < 1.29 is 17.5 Å². The van der Waals surface area contributed by atoms with Gasteiger partial charge in [0.05, 0.1) is 0 Å². The molecule has 0 N–H and O–H groups in total. The Labute approximate surface area is 85.6 Å². The van der Waals surface area contributed by atoms with Crippen molar-refractivity contribution in [3.63, 3.8) is 0 Å². The van der Waals surface area contributed by atoms with Gasteiger partial charge in [-0.2, -0.15) is 0 Å². The second kappa shape index (κ2) is 5.06. The predicted molar refractivity (Wildman–Crippen MR) is 51.5 cm³/mol. The van der Waals surface area contributed by atoms with Gasteiger partial charge in [0.2, 0.25) is 0 Å². The molecule has 0 radical (unpaired) electrons. The molecule has 1 nitrogen and oxygen atoms in total. The molecule has 0 amide bonds. The van der Waals surface area contributed by atoms with E-state index in [1.54, 1.807) is 0 Å². The van der Waals surface area contributed by atoms with Crippen molar-refractivity contribution in [3.8, 4) is 0 Å². The normalized spacial score (nSPS) is 29.8. The zero-order valence-corrected chi connectivity index (χ0v) is 9.68. The molecule has 1 aliphatic rings. The van der Waals surface area contributed by atoms with Gasteiger partial charge >= 0.3 is 85.3 Å². The average molecular weight is 227 g/mol. The van der Waals surface area contributed by atoms with Gasteiger partial charge in [-0.15, -0.1) is 0 Å². The third-order valence-corrected chi connectivity index (χ3v) is 5.18. The van der Waals surface area contributed by atoms with Gasteiger partial charge in [0.1, 0.15) is 0 Å². The first-order chi connectivity index (χ1) is 6.16. The molecule has 0 aromatic rings. The molecular weight excluding hydrogens is 207 g/mol. The van der Waals surface area contributed by atoms with Gasteiger partial charge in [0.25, 0.3) is 0 Å². The second-order valence-corrected chi connectivity index (χ2v) is 6.24. The van der Waals surface area contributed by atoms with Crippen molar-refractivity contribution in [2.24, 2.45) is 5.92 Å². The first kappa shape index (κ1) is 11.1. The SMILES string of the molecule is C=[C](C)[Co](=[O])[CH]1CCCCC1CC. The first-order valence-corrected chi connectivity index (χ1v) is 6.66. The average Bonchev–Trinajstić information content (AvgIpc) is 2.16. The van der Waals surface area contributed by atoms with E-state index in [0.717, 1.165) is 10.9 Å². The van der Waals surface area contributed by atoms with Crippen LogP contribution in [-0.4, -0.2) is 0 Å². The molecule has 13 heavy (non-hydrogen) atoms. The topological polar surface area (TPSA) is 17.1 Å². The molecular formula is C11H20CoO. The Bertz CT molecular complexity index is 210. The summed E-state index contributed by atoms with van der Waals surface area (Å²) in [6, 6.07) is 0. The van der Waals surface area contributed by atoms with Crippen LogP contribution in [0.15, 0.2) is 11.1 Å². The van der Waals surface area contributed by atoms with Gasteiger partial charge in [0.15, 0.2) is 0 Å². The van der Waals surface area contributed by atoms with E-state index < -0.39 is 13.6 Å². The Kier molecular flexibility index (Phi) is 4.33.